The Bertz CT molecular complexity index is 1130. The number of rotatable bonds is 4. The molecule has 3 heterocycles. The predicted molar refractivity (Wildman–Crippen MR) is 102 cm³/mol. The second-order valence-corrected chi connectivity index (χ2v) is 7.39. The van der Waals surface area contributed by atoms with Gasteiger partial charge in [0.05, 0.1) is 6.54 Å². The van der Waals surface area contributed by atoms with Crippen molar-refractivity contribution >= 4 is 22.3 Å². The van der Waals surface area contributed by atoms with Crippen molar-refractivity contribution in [2.45, 2.75) is 33.2 Å². The first kappa shape index (κ1) is 16.7. The maximum Gasteiger partial charge on any atom is 0.336 e. The molecule has 0 aliphatic rings. The summed E-state index contributed by atoms with van der Waals surface area (Å²) in [6.45, 7) is 6.70. The molecule has 0 amide bonds. The third kappa shape index (κ3) is 3.06. The lowest BCUT2D eigenvalue weighted by atomic mass is 9.95. The summed E-state index contributed by atoms with van der Waals surface area (Å²) in [6, 6.07) is 7.50. The van der Waals surface area contributed by atoms with E-state index in [9.17, 15) is 4.79 Å². The van der Waals surface area contributed by atoms with Gasteiger partial charge in [-0.25, -0.2) is 4.79 Å². The maximum atomic E-state index is 12.0. The third-order valence-corrected chi connectivity index (χ3v) is 5.07. The van der Waals surface area contributed by atoms with Gasteiger partial charge in [-0.3, -0.25) is 0 Å². The number of tetrazole rings is 1. The van der Waals surface area contributed by atoms with Gasteiger partial charge in [-0.15, -0.1) is 10.2 Å². The molecule has 0 aliphatic carbocycles. The van der Waals surface area contributed by atoms with Crippen molar-refractivity contribution in [1.82, 2.24) is 20.2 Å². The van der Waals surface area contributed by atoms with E-state index >= 15 is 0 Å². The van der Waals surface area contributed by atoms with Crippen LogP contribution in [0.5, 0.6) is 0 Å². The summed E-state index contributed by atoms with van der Waals surface area (Å²) < 4.78 is 5.40. The van der Waals surface area contributed by atoms with Gasteiger partial charge in [0.25, 0.3) is 0 Å². The van der Waals surface area contributed by atoms with Gasteiger partial charge in [0.2, 0.25) is 5.82 Å². The summed E-state index contributed by atoms with van der Waals surface area (Å²) >= 11 is 1.59. The Kier molecular flexibility index (Phi) is 4.16. The second kappa shape index (κ2) is 6.49. The minimum atomic E-state index is -0.373. The van der Waals surface area contributed by atoms with Crippen molar-refractivity contribution in [2.24, 2.45) is 0 Å². The van der Waals surface area contributed by atoms with Crippen molar-refractivity contribution in [2.75, 3.05) is 0 Å². The number of thiophene rings is 1. The van der Waals surface area contributed by atoms with E-state index in [1.807, 2.05) is 29.8 Å². The average Bonchev–Trinajstić information content (AvgIpc) is 3.24. The van der Waals surface area contributed by atoms with E-state index in [2.05, 4.69) is 35.3 Å². The molecule has 132 valence electrons. The zero-order chi connectivity index (χ0) is 18.3. The highest BCUT2D eigenvalue weighted by Crippen LogP contribution is 2.27. The molecule has 4 aromatic rings. The summed E-state index contributed by atoms with van der Waals surface area (Å²) in [5, 5.41) is 17.5. The Morgan fingerprint density at radius 2 is 2.12 bits per heavy atom. The minimum absolute atomic E-state index is 0.361. The first-order chi connectivity index (χ1) is 12.5. The molecule has 0 saturated carbocycles. The average molecular weight is 366 g/mol. The van der Waals surface area contributed by atoms with Gasteiger partial charge >= 0.3 is 5.63 Å². The summed E-state index contributed by atoms with van der Waals surface area (Å²) in [4.78, 5) is 13.5. The molecule has 0 spiro atoms. The van der Waals surface area contributed by atoms with Crippen molar-refractivity contribution in [1.29, 1.82) is 0 Å². The highest BCUT2D eigenvalue weighted by Gasteiger charge is 2.13. The van der Waals surface area contributed by atoms with Crippen LogP contribution in [0, 0.1) is 6.92 Å². The Morgan fingerprint density at radius 1 is 1.27 bits per heavy atom. The quantitative estimate of drug-likeness (QED) is 0.511. The van der Waals surface area contributed by atoms with Crippen LogP contribution < -0.4 is 5.63 Å². The SMILES string of the molecule is Cc1cc2oc(=O)cc(Cn3nnc(-c4ccsc4)n3)c2cc1C(C)C. The van der Waals surface area contributed by atoms with Crippen LogP contribution in [0.2, 0.25) is 0 Å². The van der Waals surface area contributed by atoms with Crippen LogP contribution in [-0.4, -0.2) is 20.2 Å². The molecular weight excluding hydrogens is 348 g/mol. The van der Waals surface area contributed by atoms with Crippen molar-refractivity contribution in [3.8, 4) is 11.4 Å². The predicted octanol–water partition coefficient (Wildman–Crippen LogP) is 3.99. The van der Waals surface area contributed by atoms with Gasteiger partial charge in [-0.05, 0) is 58.3 Å². The first-order valence-electron chi connectivity index (χ1n) is 8.39. The number of benzene rings is 1. The Balaban J connectivity index is 1.78. The van der Waals surface area contributed by atoms with Crippen LogP contribution in [0.3, 0.4) is 0 Å². The fraction of sp³-hybridized carbons (Fsp3) is 0.263. The largest absolute Gasteiger partial charge is 0.423 e. The normalized spacial score (nSPS) is 11.5. The highest BCUT2D eigenvalue weighted by atomic mass is 32.1. The summed E-state index contributed by atoms with van der Waals surface area (Å²) in [6.07, 6.45) is 0. The van der Waals surface area contributed by atoms with E-state index in [-0.39, 0.29) is 5.63 Å². The lowest BCUT2D eigenvalue weighted by Gasteiger charge is -2.12. The molecule has 0 fully saturated rings. The standard InChI is InChI=1S/C19H18N4O2S/c1-11(2)15-8-16-14(7-18(24)25-17(16)6-12(15)3)9-23-21-19(20-22-23)13-4-5-26-10-13/h4-8,10-11H,9H2,1-3H3. The van der Waals surface area contributed by atoms with Crippen LogP contribution >= 0.6 is 11.3 Å². The summed E-state index contributed by atoms with van der Waals surface area (Å²) in [5.41, 5.74) is 4.34. The van der Waals surface area contributed by atoms with Gasteiger partial charge in [0.15, 0.2) is 0 Å². The maximum absolute atomic E-state index is 12.0. The number of aryl methyl sites for hydroxylation is 1. The Morgan fingerprint density at radius 3 is 2.85 bits per heavy atom. The van der Waals surface area contributed by atoms with E-state index in [1.165, 1.54) is 16.4 Å². The zero-order valence-corrected chi connectivity index (χ0v) is 15.6. The minimum Gasteiger partial charge on any atom is -0.423 e. The molecule has 0 atom stereocenters. The van der Waals surface area contributed by atoms with Gasteiger partial charge in [-0.1, -0.05) is 13.8 Å². The van der Waals surface area contributed by atoms with E-state index < -0.39 is 0 Å². The van der Waals surface area contributed by atoms with Gasteiger partial charge < -0.3 is 4.42 Å². The van der Waals surface area contributed by atoms with E-state index in [4.69, 9.17) is 4.42 Å². The topological polar surface area (TPSA) is 73.8 Å². The number of aromatic nitrogens is 4. The summed E-state index contributed by atoms with van der Waals surface area (Å²) in [7, 11) is 0. The fourth-order valence-corrected chi connectivity index (χ4v) is 3.75. The van der Waals surface area contributed by atoms with Crippen LogP contribution in [0.15, 0.2) is 44.2 Å². The van der Waals surface area contributed by atoms with E-state index in [0.29, 0.717) is 23.9 Å². The molecule has 0 radical (unpaired) electrons. The molecule has 4 rings (SSSR count). The van der Waals surface area contributed by atoms with Crippen LogP contribution in [-0.2, 0) is 6.54 Å². The van der Waals surface area contributed by atoms with E-state index in [0.717, 1.165) is 22.1 Å². The molecule has 0 unspecified atom stereocenters. The number of hydrogen-bond donors (Lipinski definition) is 0. The monoisotopic (exact) mass is 366 g/mol. The van der Waals surface area contributed by atoms with Crippen LogP contribution in [0.4, 0.5) is 0 Å². The van der Waals surface area contributed by atoms with Gasteiger partial charge in [0, 0.05) is 22.4 Å². The van der Waals surface area contributed by atoms with Gasteiger partial charge in [0.1, 0.15) is 5.58 Å². The number of fused-ring (bicyclic) bond motifs is 1. The zero-order valence-electron chi connectivity index (χ0n) is 14.8. The molecule has 3 aromatic heterocycles. The summed E-state index contributed by atoms with van der Waals surface area (Å²) in [5.74, 6) is 0.964. The van der Waals surface area contributed by atoms with Crippen LogP contribution in [0.25, 0.3) is 22.4 Å². The third-order valence-electron chi connectivity index (χ3n) is 4.38. The molecule has 7 heteroatoms. The van der Waals surface area contributed by atoms with Crippen LogP contribution in [0.1, 0.15) is 36.5 Å². The molecule has 0 bridgehead atoms. The smallest absolute Gasteiger partial charge is 0.336 e. The Labute approximate surface area is 154 Å². The second-order valence-electron chi connectivity index (χ2n) is 6.61. The molecule has 0 aliphatic heterocycles. The van der Waals surface area contributed by atoms with Gasteiger partial charge in [-0.2, -0.15) is 16.1 Å². The highest BCUT2D eigenvalue weighted by molar-refractivity contribution is 7.08. The fourth-order valence-electron chi connectivity index (χ4n) is 3.11. The molecule has 6 nitrogen and oxygen atoms in total. The van der Waals surface area contributed by atoms with E-state index in [1.54, 1.807) is 11.3 Å². The number of nitrogens with zero attached hydrogens (tertiary/aromatic N) is 4. The molecular formula is C19H18N4O2S. The molecule has 0 N–H and O–H groups in total. The lowest BCUT2D eigenvalue weighted by molar-refractivity contribution is 0.545. The molecule has 26 heavy (non-hydrogen) atoms. The number of hydrogen-bond acceptors (Lipinski definition) is 6. The Hall–Kier alpha value is -2.80. The molecule has 1 aromatic carbocycles. The van der Waals surface area contributed by atoms with Crippen molar-refractivity contribution in [3.05, 3.63) is 62.1 Å². The van der Waals surface area contributed by atoms with Crippen molar-refractivity contribution in [3.63, 3.8) is 0 Å². The first-order valence-corrected chi connectivity index (χ1v) is 9.33. The lowest BCUT2D eigenvalue weighted by Crippen LogP contribution is -2.09. The molecule has 0 saturated heterocycles. The van der Waals surface area contributed by atoms with Crippen molar-refractivity contribution < 1.29 is 4.42 Å².